The van der Waals surface area contributed by atoms with Gasteiger partial charge in [0.05, 0.1) is 14.2 Å². The quantitative estimate of drug-likeness (QED) is 0.807. The summed E-state index contributed by atoms with van der Waals surface area (Å²) >= 11 is 0. The van der Waals surface area contributed by atoms with Crippen LogP contribution in [0.15, 0.2) is 18.2 Å². The number of carboxylic acids is 1. The Morgan fingerprint density at radius 3 is 2.38 bits per heavy atom. The van der Waals surface area contributed by atoms with E-state index in [1.54, 1.807) is 18.2 Å². The van der Waals surface area contributed by atoms with Crippen molar-refractivity contribution in [2.24, 2.45) is 5.92 Å². The van der Waals surface area contributed by atoms with Gasteiger partial charge in [0.15, 0.2) is 17.4 Å². The van der Waals surface area contributed by atoms with Crippen LogP contribution in [0.5, 0.6) is 11.5 Å². The first-order chi connectivity index (χ1) is 9.79. The number of methoxy groups -OCH3 is 2. The molecule has 0 radical (unpaired) electrons. The first-order valence-electron chi connectivity index (χ1n) is 6.00. The van der Waals surface area contributed by atoms with Crippen LogP contribution in [0.4, 0.5) is 13.2 Å². The molecule has 0 spiro atoms. The summed E-state index contributed by atoms with van der Waals surface area (Å²) in [6.07, 6.45) is -4.78. The van der Waals surface area contributed by atoms with Gasteiger partial charge in [-0.25, -0.2) is 0 Å². The van der Waals surface area contributed by atoms with Gasteiger partial charge in [0.2, 0.25) is 0 Å². The lowest BCUT2D eigenvalue weighted by Gasteiger charge is -2.17. The first-order valence-corrected chi connectivity index (χ1v) is 6.00. The summed E-state index contributed by atoms with van der Waals surface area (Å²) in [5.74, 6) is -3.39. The van der Waals surface area contributed by atoms with Gasteiger partial charge in [-0.05, 0) is 17.7 Å². The number of ether oxygens (including phenoxy) is 2. The fourth-order valence-corrected chi connectivity index (χ4v) is 1.69. The molecule has 21 heavy (non-hydrogen) atoms. The molecule has 0 heterocycles. The minimum absolute atomic E-state index is 0.0835. The van der Waals surface area contributed by atoms with Crippen LogP contribution in [0.2, 0.25) is 0 Å². The average Bonchev–Trinajstić information content (AvgIpc) is 2.41. The molecule has 0 aromatic heterocycles. The van der Waals surface area contributed by atoms with Gasteiger partial charge in [0.1, 0.15) is 0 Å². The van der Waals surface area contributed by atoms with Crippen LogP contribution in [-0.4, -0.2) is 38.0 Å². The fraction of sp³-hybridized carbons (Fsp3) is 0.462. The molecule has 0 bridgehead atoms. The zero-order valence-electron chi connectivity index (χ0n) is 11.5. The topological polar surface area (TPSA) is 67.8 Å². The molecule has 2 N–H and O–H groups in total. The number of aliphatic carboxylic acids is 1. The molecule has 8 heteroatoms. The number of carbonyl (C=O) groups is 1. The van der Waals surface area contributed by atoms with Crippen molar-refractivity contribution in [3.63, 3.8) is 0 Å². The molecule has 0 saturated carbocycles. The number of halogens is 3. The molecular weight excluding hydrogens is 291 g/mol. The number of carboxylic acid groups (broad SMARTS) is 1. The summed E-state index contributed by atoms with van der Waals surface area (Å²) in [4.78, 5) is 10.6. The Hall–Kier alpha value is -1.96. The van der Waals surface area contributed by atoms with Crippen LogP contribution >= 0.6 is 0 Å². The van der Waals surface area contributed by atoms with E-state index in [0.717, 1.165) is 0 Å². The van der Waals surface area contributed by atoms with Crippen LogP contribution in [0, 0.1) is 5.92 Å². The maximum atomic E-state index is 12.5. The van der Waals surface area contributed by atoms with Gasteiger partial charge in [-0.2, -0.15) is 13.2 Å². The summed E-state index contributed by atoms with van der Waals surface area (Å²) in [6.45, 7) is -0.618. The summed E-state index contributed by atoms with van der Waals surface area (Å²) in [6, 6.07) is 4.88. The summed E-state index contributed by atoms with van der Waals surface area (Å²) in [5, 5.41) is 11.0. The summed E-state index contributed by atoms with van der Waals surface area (Å²) in [5.41, 5.74) is 0.652. The van der Waals surface area contributed by atoms with Crippen molar-refractivity contribution in [3.05, 3.63) is 23.8 Å². The molecule has 0 aliphatic rings. The van der Waals surface area contributed by atoms with Crippen LogP contribution in [0.1, 0.15) is 5.56 Å². The second-order valence-corrected chi connectivity index (χ2v) is 4.25. The lowest BCUT2D eigenvalue weighted by molar-refractivity contribution is -0.192. The molecule has 0 aliphatic heterocycles. The zero-order chi connectivity index (χ0) is 16.0. The van der Waals surface area contributed by atoms with E-state index in [0.29, 0.717) is 17.1 Å². The maximum absolute atomic E-state index is 12.5. The predicted molar refractivity (Wildman–Crippen MR) is 68.4 cm³/mol. The minimum Gasteiger partial charge on any atom is -0.493 e. The molecule has 1 unspecified atom stereocenters. The third-order valence-corrected chi connectivity index (χ3v) is 2.82. The van der Waals surface area contributed by atoms with Gasteiger partial charge >= 0.3 is 12.1 Å². The molecule has 0 saturated heterocycles. The molecule has 0 fully saturated rings. The lowest BCUT2D eigenvalue weighted by atomic mass is 10.1. The summed E-state index contributed by atoms with van der Waals surface area (Å²) in [7, 11) is 2.91. The second kappa shape index (κ2) is 7.16. The van der Waals surface area contributed by atoms with Crippen molar-refractivity contribution < 1.29 is 32.5 Å². The van der Waals surface area contributed by atoms with E-state index in [1.807, 2.05) is 0 Å². The Kier molecular flexibility index (Phi) is 5.83. The summed E-state index contributed by atoms with van der Waals surface area (Å²) < 4.78 is 47.5. The number of alkyl halides is 3. The number of hydrogen-bond donors (Lipinski definition) is 2. The molecule has 0 amide bonds. The van der Waals surface area contributed by atoms with Crippen LogP contribution in [0.25, 0.3) is 0 Å². The fourth-order valence-electron chi connectivity index (χ4n) is 1.69. The van der Waals surface area contributed by atoms with Crippen molar-refractivity contribution in [3.8, 4) is 11.5 Å². The van der Waals surface area contributed by atoms with Crippen molar-refractivity contribution in [2.45, 2.75) is 12.7 Å². The monoisotopic (exact) mass is 307 g/mol. The Labute approximate surface area is 119 Å². The Bertz CT molecular complexity index is 491. The van der Waals surface area contributed by atoms with Crippen molar-refractivity contribution in [1.29, 1.82) is 0 Å². The van der Waals surface area contributed by atoms with E-state index in [-0.39, 0.29) is 6.54 Å². The van der Waals surface area contributed by atoms with Gasteiger partial charge in [-0.1, -0.05) is 6.07 Å². The Balaban J connectivity index is 2.65. The molecule has 118 valence electrons. The normalized spacial score (nSPS) is 12.8. The third kappa shape index (κ3) is 4.82. The van der Waals surface area contributed by atoms with E-state index in [1.165, 1.54) is 14.2 Å². The molecular formula is C13H16F3NO4. The number of nitrogens with one attached hydrogen (secondary N) is 1. The van der Waals surface area contributed by atoms with Crippen molar-refractivity contribution >= 4 is 5.97 Å². The zero-order valence-corrected chi connectivity index (χ0v) is 11.5. The molecule has 5 nitrogen and oxygen atoms in total. The van der Waals surface area contributed by atoms with Gasteiger partial charge in [0.25, 0.3) is 0 Å². The van der Waals surface area contributed by atoms with E-state index in [9.17, 15) is 18.0 Å². The van der Waals surface area contributed by atoms with Gasteiger partial charge < -0.3 is 19.9 Å². The average molecular weight is 307 g/mol. The Morgan fingerprint density at radius 2 is 1.90 bits per heavy atom. The highest BCUT2D eigenvalue weighted by Crippen LogP contribution is 2.28. The molecule has 1 atom stereocenters. The smallest absolute Gasteiger partial charge is 0.403 e. The van der Waals surface area contributed by atoms with Crippen LogP contribution in [0.3, 0.4) is 0 Å². The number of hydrogen-bond acceptors (Lipinski definition) is 4. The van der Waals surface area contributed by atoms with Crippen molar-refractivity contribution in [1.82, 2.24) is 5.32 Å². The SMILES string of the molecule is COc1ccc(CNCC(C(=O)O)C(F)(F)F)cc1OC. The van der Waals surface area contributed by atoms with E-state index in [4.69, 9.17) is 14.6 Å². The number of rotatable bonds is 7. The largest absolute Gasteiger partial charge is 0.493 e. The lowest BCUT2D eigenvalue weighted by Crippen LogP contribution is -2.38. The van der Waals surface area contributed by atoms with Gasteiger partial charge in [0, 0.05) is 13.1 Å². The van der Waals surface area contributed by atoms with Crippen LogP contribution in [-0.2, 0) is 11.3 Å². The van der Waals surface area contributed by atoms with E-state index >= 15 is 0 Å². The van der Waals surface area contributed by atoms with Gasteiger partial charge in [-0.15, -0.1) is 0 Å². The van der Waals surface area contributed by atoms with E-state index < -0.39 is 24.6 Å². The van der Waals surface area contributed by atoms with E-state index in [2.05, 4.69) is 5.32 Å². The molecule has 1 rings (SSSR count). The maximum Gasteiger partial charge on any atom is 0.403 e. The highest BCUT2D eigenvalue weighted by Gasteiger charge is 2.44. The molecule has 1 aromatic rings. The van der Waals surface area contributed by atoms with Gasteiger partial charge in [-0.3, -0.25) is 4.79 Å². The number of benzene rings is 1. The highest BCUT2D eigenvalue weighted by molar-refractivity contribution is 5.71. The van der Waals surface area contributed by atoms with Crippen molar-refractivity contribution in [2.75, 3.05) is 20.8 Å². The standard InChI is InChI=1S/C13H16F3NO4/c1-20-10-4-3-8(5-11(10)21-2)6-17-7-9(12(18)19)13(14,15)16/h3-5,9,17H,6-7H2,1-2H3,(H,18,19). The predicted octanol–water partition coefficient (Wildman–Crippen LogP) is 2.06. The second-order valence-electron chi connectivity index (χ2n) is 4.25. The first kappa shape index (κ1) is 17.1. The molecule has 1 aromatic carbocycles. The highest BCUT2D eigenvalue weighted by atomic mass is 19.4. The van der Waals surface area contributed by atoms with Crippen LogP contribution < -0.4 is 14.8 Å². The molecule has 0 aliphatic carbocycles. The Morgan fingerprint density at radius 1 is 1.29 bits per heavy atom. The minimum atomic E-state index is -4.78. The third-order valence-electron chi connectivity index (χ3n) is 2.82.